The quantitative estimate of drug-likeness (QED) is 0.834. The van der Waals surface area contributed by atoms with E-state index in [0.29, 0.717) is 5.92 Å². The van der Waals surface area contributed by atoms with Crippen LogP contribution in [0, 0.1) is 19.8 Å². The van der Waals surface area contributed by atoms with Crippen LogP contribution in [0.3, 0.4) is 0 Å². The summed E-state index contributed by atoms with van der Waals surface area (Å²) in [5.41, 5.74) is 3.15. The number of aryl methyl sites for hydroxylation is 2. The molecule has 1 aliphatic heterocycles. The molecule has 1 saturated heterocycles. The first-order chi connectivity index (χ1) is 9.74. The number of rotatable bonds is 2. The van der Waals surface area contributed by atoms with Crippen LogP contribution < -0.4 is 0 Å². The molecule has 1 aromatic heterocycles. The molecule has 1 aromatic rings. The van der Waals surface area contributed by atoms with Gasteiger partial charge in [-0.05, 0) is 64.5 Å². The second-order valence-electron chi connectivity index (χ2n) is 7.03. The van der Waals surface area contributed by atoms with Crippen molar-refractivity contribution < 1.29 is 9.53 Å². The Bertz CT molecular complexity index is 526. The molecule has 0 N–H and O–H groups in total. The molecule has 1 fully saturated rings. The van der Waals surface area contributed by atoms with E-state index in [9.17, 15) is 4.79 Å². The van der Waals surface area contributed by atoms with E-state index in [-0.39, 0.29) is 19.6 Å². The summed E-state index contributed by atoms with van der Waals surface area (Å²) in [6.45, 7) is 11.4. The Kier molecular flexibility index (Phi) is 6.29. The number of carbonyl (C=O) groups is 1. The minimum Gasteiger partial charge on any atom is -0.444 e. The number of carbonyl (C=O) groups excluding carboxylic acids is 1. The van der Waals surface area contributed by atoms with Crippen LogP contribution >= 0.6 is 13.5 Å². The fraction of sp³-hybridized carbons (Fsp3) is 0.647. The SMILES string of the molecule is Cc1cc(CC2CCN(C(=O)OC(C)(C)C)C2)cnc1C.S. The van der Waals surface area contributed by atoms with E-state index < -0.39 is 5.60 Å². The fourth-order valence-electron chi connectivity index (χ4n) is 2.64. The second-order valence-corrected chi connectivity index (χ2v) is 7.03. The van der Waals surface area contributed by atoms with E-state index in [1.807, 2.05) is 38.8 Å². The molecule has 124 valence electrons. The Balaban J connectivity index is 0.00000242. The number of amides is 1. The smallest absolute Gasteiger partial charge is 0.410 e. The fourth-order valence-corrected chi connectivity index (χ4v) is 2.64. The zero-order chi connectivity index (χ0) is 15.6. The van der Waals surface area contributed by atoms with Gasteiger partial charge in [0.2, 0.25) is 0 Å². The Morgan fingerprint density at radius 2 is 2.09 bits per heavy atom. The topological polar surface area (TPSA) is 42.4 Å². The lowest BCUT2D eigenvalue weighted by molar-refractivity contribution is 0.0288. The summed E-state index contributed by atoms with van der Waals surface area (Å²) in [5.74, 6) is 0.501. The van der Waals surface area contributed by atoms with Crippen molar-refractivity contribution in [1.82, 2.24) is 9.88 Å². The second kappa shape index (κ2) is 7.36. The number of hydrogen-bond acceptors (Lipinski definition) is 3. The van der Waals surface area contributed by atoms with Crippen LogP contribution in [-0.2, 0) is 11.2 Å². The Labute approximate surface area is 140 Å². The van der Waals surface area contributed by atoms with Crippen molar-refractivity contribution >= 4 is 19.6 Å². The van der Waals surface area contributed by atoms with Crippen LogP contribution in [0.4, 0.5) is 4.79 Å². The summed E-state index contributed by atoms with van der Waals surface area (Å²) in [5, 5.41) is 0. The van der Waals surface area contributed by atoms with Gasteiger partial charge in [0, 0.05) is 25.0 Å². The van der Waals surface area contributed by atoms with Gasteiger partial charge in [-0.25, -0.2) is 4.79 Å². The van der Waals surface area contributed by atoms with Crippen LogP contribution in [-0.4, -0.2) is 34.7 Å². The van der Waals surface area contributed by atoms with Gasteiger partial charge >= 0.3 is 6.09 Å². The highest BCUT2D eigenvalue weighted by Crippen LogP contribution is 2.23. The van der Waals surface area contributed by atoms with Crippen LogP contribution in [0.1, 0.15) is 44.0 Å². The lowest BCUT2D eigenvalue weighted by Crippen LogP contribution is -2.35. The van der Waals surface area contributed by atoms with E-state index in [1.54, 1.807) is 0 Å². The predicted octanol–water partition coefficient (Wildman–Crippen LogP) is 3.61. The first kappa shape index (κ1) is 18.8. The molecule has 5 heteroatoms. The first-order valence-corrected chi connectivity index (χ1v) is 7.64. The van der Waals surface area contributed by atoms with Gasteiger partial charge in [0.1, 0.15) is 5.60 Å². The third-order valence-corrected chi connectivity index (χ3v) is 3.86. The minimum absolute atomic E-state index is 0. The van der Waals surface area contributed by atoms with Crippen molar-refractivity contribution in [2.24, 2.45) is 5.92 Å². The maximum absolute atomic E-state index is 12.0. The number of likely N-dealkylation sites (tertiary alicyclic amines) is 1. The summed E-state index contributed by atoms with van der Waals surface area (Å²) in [4.78, 5) is 18.3. The van der Waals surface area contributed by atoms with Crippen LogP contribution in [0.15, 0.2) is 12.3 Å². The minimum atomic E-state index is -0.423. The first-order valence-electron chi connectivity index (χ1n) is 7.64. The molecule has 22 heavy (non-hydrogen) atoms. The molecule has 1 amide bonds. The highest BCUT2D eigenvalue weighted by atomic mass is 32.1. The maximum Gasteiger partial charge on any atom is 0.410 e. The van der Waals surface area contributed by atoms with Crippen molar-refractivity contribution in [3.8, 4) is 0 Å². The number of ether oxygens (including phenoxy) is 1. The molecule has 0 saturated carbocycles. The highest BCUT2D eigenvalue weighted by molar-refractivity contribution is 7.59. The van der Waals surface area contributed by atoms with Crippen LogP contribution in [0.2, 0.25) is 0 Å². The molecule has 1 unspecified atom stereocenters. The normalized spacial score (nSPS) is 18.0. The third-order valence-electron chi connectivity index (χ3n) is 3.86. The highest BCUT2D eigenvalue weighted by Gasteiger charge is 2.29. The Morgan fingerprint density at radius 1 is 1.41 bits per heavy atom. The van der Waals surface area contributed by atoms with E-state index in [2.05, 4.69) is 18.0 Å². The van der Waals surface area contributed by atoms with Gasteiger partial charge in [0.05, 0.1) is 0 Å². The summed E-state index contributed by atoms with van der Waals surface area (Å²) >= 11 is 0. The predicted molar refractivity (Wildman–Crippen MR) is 93.7 cm³/mol. The molecule has 0 aliphatic carbocycles. The maximum atomic E-state index is 12.0. The molecule has 2 heterocycles. The largest absolute Gasteiger partial charge is 0.444 e. The van der Waals surface area contributed by atoms with Gasteiger partial charge < -0.3 is 9.64 Å². The third kappa shape index (κ3) is 5.20. The molecular formula is C17H28N2O2S. The average molecular weight is 324 g/mol. The molecule has 0 spiro atoms. The number of aromatic nitrogens is 1. The lowest BCUT2D eigenvalue weighted by atomic mass is 9.99. The molecule has 1 atom stereocenters. The van der Waals surface area contributed by atoms with Gasteiger partial charge in [-0.2, -0.15) is 13.5 Å². The van der Waals surface area contributed by atoms with Crippen LogP contribution in [0.5, 0.6) is 0 Å². The van der Waals surface area contributed by atoms with Crippen molar-refractivity contribution in [3.05, 3.63) is 29.1 Å². The zero-order valence-electron chi connectivity index (χ0n) is 14.3. The van der Waals surface area contributed by atoms with E-state index in [4.69, 9.17) is 4.74 Å². The Morgan fingerprint density at radius 3 is 2.68 bits per heavy atom. The van der Waals surface area contributed by atoms with Gasteiger partial charge in [0.25, 0.3) is 0 Å². The van der Waals surface area contributed by atoms with E-state index in [0.717, 1.165) is 31.6 Å². The zero-order valence-corrected chi connectivity index (χ0v) is 15.3. The number of nitrogens with zero attached hydrogens (tertiary/aromatic N) is 2. The molecule has 2 rings (SSSR count). The summed E-state index contributed by atoms with van der Waals surface area (Å²) in [6, 6.07) is 2.21. The van der Waals surface area contributed by atoms with Crippen molar-refractivity contribution in [1.29, 1.82) is 0 Å². The average Bonchev–Trinajstić information content (AvgIpc) is 2.80. The van der Waals surface area contributed by atoms with Crippen LogP contribution in [0.25, 0.3) is 0 Å². The molecule has 0 aromatic carbocycles. The monoisotopic (exact) mass is 324 g/mol. The summed E-state index contributed by atoms with van der Waals surface area (Å²) < 4.78 is 5.43. The lowest BCUT2D eigenvalue weighted by Gasteiger charge is -2.24. The van der Waals surface area contributed by atoms with Gasteiger partial charge in [-0.3, -0.25) is 4.98 Å². The standard InChI is InChI=1S/C17H26N2O2.H2S/c1-12-8-15(10-18-13(12)2)9-14-6-7-19(11-14)16(20)21-17(3,4)5;/h8,10,14H,6-7,9,11H2,1-5H3;1H2. The molecular weight excluding hydrogens is 296 g/mol. The molecule has 4 nitrogen and oxygen atoms in total. The Hall–Kier alpha value is -1.23. The van der Waals surface area contributed by atoms with E-state index in [1.165, 1.54) is 11.1 Å². The number of hydrogen-bond donors (Lipinski definition) is 0. The summed E-state index contributed by atoms with van der Waals surface area (Å²) in [6.07, 6.45) is 3.78. The van der Waals surface area contributed by atoms with Gasteiger partial charge in [0.15, 0.2) is 0 Å². The van der Waals surface area contributed by atoms with Crippen molar-refractivity contribution in [2.75, 3.05) is 13.1 Å². The van der Waals surface area contributed by atoms with Gasteiger partial charge in [-0.15, -0.1) is 0 Å². The van der Waals surface area contributed by atoms with Crippen molar-refractivity contribution in [3.63, 3.8) is 0 Å². The number of pyridine rings is 1. The summed E-state index contributed by atoms with van der Waals surface area (Å²) in [7, 11) is 0. The van der Waals surface area contributed by atoms with Gasteiger partial charge in [-0.1, -0.05) is 6.07 Å². The molecule has 0 radical (unpaired) electrons. The molecule has 1 aliphatic rings. The molecule has 0 bridgehead atoms. The van der Waals surface area contributed by atoms with Crippen molar-refractivity contribution in [2.45, 2.75) is 53.1 Å². The van der Waals surface area contributed by atoms with E-state index >= 15 is 0 Å².